The monoisotopic (exact) mass is 239 g/mol. The SMILES string of the molecule is COc1cc(CNCCO)cc2c1OCCO2. The van der Waals surface area contributed by atoms with Gasteiger partial charge in [-0.3, -0.25) is 0 Å². The lowest BCUT2D eigenvalue weighted by Gasteiger charge is -2.21. The third-order valence-corrected chi connectivity index (χ3v) is 2.51. The van der Waals surface area contributed by atoms with E-state index >= 15 is 0 Å². The number of aliphatic hydroxyl groups is 1. The van der Waals surface area contributed by atoms with Crippen molar-refractivity contribution in [3.05, 3.63) is 17.7 Å². The van der Waals surface area contributed by atoms with Crippen molar-refractivity contribution in [1.82, 2.24) is 5.32 Å². The van der Waals surface area contributed by atoms with Crippen molar-refractivity contribution >= 4 is 0 Å². The van der Waals surface area contributed by atoms with Crippen molar-refractivity contribution in [2.24, 2.45) is 0 Å². The number of rotatable bonds is 5. The molecular weight excluding hydrogens is 222 g/mol. The van der Waals surface area contributed by atoms with Crippen LogP contribution in [0.3, 0.4) is 0 Å². The fourth-order valence-corrected chi connectivity index (χ4v) is 1.74. The van der Waals surface area contributed by atoms with Crippen LogP contribution in [0.2, 0.25) is 0 Å². The molecule has 5 nitrogen and oxygen atoms in total. The molecular formula is C12H17NO4. The van der Waals surface area contributed by atoms with E-state index in [2.05, 4.69) is 5.32 Å². The Bertz CT molecular complexity index is 364. The van der Waals surface area contributed by atoms with Crippen molar-refractivity contribution in [1.29, 1.82) is 0 Å². The molecule has 1 aliphatic heterocycles. The first kappa shape index (κ1) is 12.0. The molecule has 0 amide bonds. The molecule has 1 aromatic carbocycles. The molecule has 2 N–H and O–H groups in total. The zero-order valence-electron chi connectivity index (χ0n) is 9.86. The lowest BCUT2D eigenvalue weighted by molar-refractivity contribution is 0.165. The van der Waals surface area contributed by atoms with Gasteiger partial charge in [0.2, 0.25) is 5.75 Å². The van der Waals surface area contributed by atoms with Crippen molar-refractivity contribution in [3.8, 4) is 17.2 Å². The maximum atomic E-state index is 8.71. The zero-order chi connectivity index (χ0) is 12.1. The van der Waals surface area contributed by atoms with Gasteiger partial charge in [-0.1, -0.05) is 0 Å². The highest BCUT2D eigenvalue weighted by Crippen LogP contribution is 2.40. The molecule has 2 rings (SSSR count). The van der Waals surface area contributed by atoms with Gasteiger partial charge < -0.3 is 24.6 Å². The third kappa shape index (κ3) is 2.81. The molecule has 0 aliphatic carbocycles. The second-order valence-corrected chi connectivity index (χ2v) is 3.72. The quantitative estimate of drug-likeness (QED) is 0.735. The minimum Gasteiger partial charge on any atom is -0.493 e. The molecule has 94 valence electrons. The van der Waals surface area contributed by atoms with Crippen molar-refractivity contribution in [2.75, 3.05) is 33.5 Å². The van der Waals surface area contributed by atoms with Crippen molar-refractivity contribution in [3.63, 3.8) is 0 Å². The summed E-state index contributed by atoms with van der Waals surface area (Å²) in [7, 11) is 1.61. The summed E-state index contributed by atoms with van der Waals surface area (Å²) in [4.78, 5) is 0. The molecule has 0 saturated carbocycles. The molecule has 0 atom stereocenters. The largest absolute Gasteiger partial charge is 0.493 e. The van der Waals surface area contributed by atoms with Gasteiger partial charge in [0.25, 0.3) is 0 Å². The Kier molecular flexibility index (Phi) is 4.06. The van der Waals surface area contributed by atoms with E-state index in [1.165, 1.54) is 0 Å². The van der Waals surface area contributed by atoms with Crippen LogP contribution in [0.25, 0.3) is 0 Å². The highest BCUT2D eigenvalue weighted by atomic mass is 16.6. The van der Waals surface area contributed by atoms with E-state index in [9.17, 15) is 0 Å². The lowest BCUT2D eigenvalue weighted by Crippen LogP contribution is -2.19. The summed E-state index contributed by atoms with van der Waals surface area (Å²) in [5.74, 6) is 2.07. The van der Waals surface area contributed by atoms with E-state index in [0.29, 0.717) is 37.8 Å². The number of aliphatic hydroxyl groups excluding tert-OH is 1. The first-order valence-electron chi connectivity index (χ1n) is 5.63. The highest BCUT2D eigenvalue weighted by molar-refractivity contribution is 5.54. The zero-order valence-corrected chi connectivity index (χ0v) is 9.86. The Labute approximate surface area is 100 Å². The van der Waals surface area contributed by atoms with Gasteiger partial charge in [-0.05, 0) is 17.7 Å². The predicted molar refractivity (Wildman–Crippen MR) is 62.8 cm³/mol. The van der Waals surface area contributed by atoms with Gasteiger partial charge in [0, 0.05) is 13.1 Å². The smallest absolute Gasteiger partial charge is 0.203 e. The number of nitrogens with one attached hydrogen (secondary N) is 1. The summed E-state index contributed by atoms with van der Waals surface area (Å²) in [5.41, 5.74) is 1.04. The Morgan fingerprint density at radius 3 is 2.94 bits per heavy atom. The molecule has 1 aromatic rings. The van der Waals surface area contributed by atoms with Gasteiger partial charge in [-0.15, -0.1) is 0 Å². The summed E-state index contributed by atoms with van der Waals surface area (Å²) in [5, 5.41) is 11.8. The maximum Gasteiger partial charge on any atom is 0.203 e. The standard InChI is InChI=1S/C12H17NO4/c1-15-10-6-9(8-13-2-3-14)7-11-12(10)17-5-4-16-11/h6-7,13-14H,2-5,8H2,1H3. The normalized spacial score (nSPS) is 13.5. The Balaban J connectivity index is 2.17. The summed E-state index contributed by atoms with van der Waals surface area (Å²) in [6.45, 7) is 2.46. The van der Waals surface area contributed by atoms with Crippen molar-refractivity contribution < 1.29 is 19.3 Å². The fourth-order valence-electron chi connectivity index (χ4n) is 1.74. The van der Waals surface area contributed by atoms with E-state index in [0.717, 1.165) is 11.3 Å². The van der Waals surface area contributed by atoms with E-state index in [1.54, 1.807) is 7.11 Å². The molecule has 1 aliphatic rings. The van der Waals surface area contributed by atoms with Gasteiger partial charge in [0.1, 0.15) is 13.2 Å². The summed E-state index contributed by atoms with van der Waals surface area (Å²) in [6.07, 6.45) is 0. The molecule has 17 heavy (non-hydrogen) atoms. The molecule has 5 heteroatoms. The van der Waals surface area contributed by atoms with Gasteiger partial charge in [-0.25, -0.2) is 0 Å². The first-order chi connectivity index (χ1) is 8.35. The van der Waals surface area contributed by atoms with Gasteiger partial charge in [-0.2, -0.15) is 0 Å². The molecule has 1 heterocycles. The Morgan fingerprint density at radius 2 is 2.18 bits per heavy atom. The average molecular weight is 239 g/mol. The number of fused-ring (bicyclic) bond motifs is 1. The maximum absolute atomic E-state index is 8.71. The van der Waals surface area contributed by atoms with E-state index in [4.69, 9.17) is 19.3 Å². The summed E-state index contributed by atoms with van der Waals surface area (Å²) < 4.78 is 16.3. The van der Waals surface area contributed by atoms with Crippen LogP contribution >= 0.6 is 0 Å². The minimum absolute atomic E-state index is 0.127. The Morgan fingerprint density at radius 1 is 1.35 bits per heavy atom. The molecule has 0 aromatic heterocycles. The predicted octanol–water partition coefficient (Wildman–Crippen LogP) is 0.548. The van der Waals surface area contributed by atoms with Crippen LogP contribution in [0.4, 0.5) is 0 Å². The van der Waals surface area contributed by atoms with Crippen LogP contribution in [0, 0.1) is 0 Å². The first-order valence-corrected chi connectivity index (χ1v) is 5.63. The second kappa shape index (κ2) is 5.75. The van der Waals surface area contributed by atoms with Crippen molar-refractivity contribution in [2.45, 2.75) is 6.54 Å². The molecule has 0 spiro atoms. The molecule has 0 fully saturated rings. The third-order valence-electron chi connectivity index (χ3n) is 2.51. The van der Waals surface area contributed by atoms with Crippen LogP contribution in [0.5, 0.6) is 17.2 Å². The number of hydrogen-bond donors (Lipinski definition) is 2. The second-order valence-electron chi connectivity index (χ2n) is 3.72. The van der Waals surface area contributed by atoms with Crippen LogP contribution < -0.4 is 19.5 Å². The number of hydrogen-bond acceptors (Lipinski definition) is 5. The summed E-state index contributed by atoms with van der Waals surface area (Å²) in [6, 6.07) is 3.85. The van der Waals surface area contributed by atoms with Crippen LogP contribution in [0.15, 0.2) is 12.1 Å². The molecule has 0 bridgehead atoms. The number of benzene rings is 1. The Hall–Kier alpha value is -1.46. The topological polar surface area (TPSA) is 60.0 Å². The molecule has 0 radical (unpaired) electrons. The average Bonchev–Trinajstić information content (AvgIpc) is 2.38. The van der Waals surface area contributed by atoms with E-state index in [1.807, 2.05) is 12.1 Å². The van der Waals surface area contributed by atoms with Gasteiger partial charge in [0.15, 0.2) is 11.5 Å². The fraction of sp³-hybridized carbons (Fsp3) is 0.500. The van der Waals surface area contributed by atoms with E-state index in [-0.39, 0.29) is 6.61 Å². The number of ether oxygens (including phenoxy) is 3. The molecule has 0 saturated heterocycles. The highest BCUT2D eigenvalue weighted by Gasteiger charge is 2.18. The van der Waals surface area contributed by atoms with Crippen LogP contribution in [0.1, 0.15) is 5.56 Å². The number of methoxy groups -OCH3 is 1. The van der Waals surface area contributed by atoms with Crippen LogP contribution in [-0.4, -0.2) is 38.6 Å². The van der Waals surface area contributed by atoms with Gasteiger partial charge in [0.05, 0.1) is 13.7 Å². The lowest BCUT2D eigenvalue weighted by atomic mass is 10.1. The molecule has 0 unspecified atom stereocenters. The summed E-state index contributed by atoms with van der Waals surface area (Å²) >= 11 is 0. The van der Waals surface area contributed by atoms with Crippen LogP contribution in [-0.2, 0) is 6.54 Å². The van der Waals surface area contributed by atoms with Gasteiger partial charge >= 0.3 is 0 Å². The van der Waals surface area contributed by atoms with E-state index < -0.39 is 0 Å². The minimum atomic E-state index is 0.127.